The van der Waals surface area contributed by atoms with Gasteiger partial charge in [0.1, 0.15) is 0 Å². The van der Waals surface area contributed by atoms with Crippen LogP contribution >= 0.6 is 20.1 Å². The maximum atomic E-state index is 4.56. The van der Waals surface area contributed by atoms with Gasteiger partial charge in [0, 0.05) is 0 Å². The van der Waals surface area contributed by atoms with Crippen molar-refractivity contribution in [1.29, 1.82) is 0 Å². The van der Waals surface area contributed by atoms with Crippen molar-refractivity contribution in [3.8, 4) is 0 Å². The Hall–Kier alpha value is 0.00649. The summed E-state index contributed by atoms with van der Waals surface area (Å²) >= 11 is 9.11. The van der Waals surface area contributed by atoms with Crippen LogP contribution in [0.4, 0.5) is 0 Å². The molecule has 0 spiro atoms. The van der Waals surface area contributed by atoms with Gasteiger partial charge in [0.25, 0.3) is 0 Å². The largest absolute Gasteiger partial charge is 3.00 e. The second-order valence-corrected chi connectivity index (χ2v) is 7.51. The Kier molecular flexibility index (Phi) is 17.5. The predicted octanol–water partition coefficient (Wildman–Crippen LogP) is 3.77. The van der Waals surface area contributed by atoms with Gasteiger partial charge in [-0.2, -0.15) is 12.8 Å². The molecule has 0 atom stereocenters. The first kappa shape index (κ1) is 24.3. The monoisotopic (exact) mass is 393 g/mol. The average Bonchev–Trinajstić information content (AvgIpc) is 3.07. The topological polar surface area (TPSA) is 3.24 Å². The summed E-state index contributed by atoms with van der Waals surface area (Å²) in [6.07, 6.45) is 12.5. The number of hydrogen-bond acceptors (Lipinski definition) is 2. The number of thiocarbonyl (C=S) groups is 1. The summed E-state index contributed by atoms with van der Waals surface area (Å²) in [5, 5.41) is 1.48. The average molecular weight is 393 g/mol. The van der Waals surface area contributed by atoms with Crippen molar-refractivity contribution in [3.05, 3.63) is 75.2 Å². The number of rotatable bonds is 2. The molecule has 0 N–H and O–H groups in total. The van der Waals surface area contributed by atoms with Gasteiger partial charge in [0.2, 0.25) is 0 Å². The molecule has 0 amide bonds. The maximum absolute atomic E-state index is 4.56. The van der Waals surface area contributed by atoms with Crippen molar-refractivity contribution < 1.29 is 16.8 Å². The van der Waals surface area contributed by atoms with E-state index in [2.05, 4.69) is 81.3 Å². The molecule has 2 rings (SSSR count). The summed E-state index contributed by atoms with van der Waals surface area (Å²) in [5.41, 5.74) is 0. The summed E-state index contributed by atoms with van der Waals surface area (Å²) in [6.45, 7) is 7.87. The number of nitrogens with zero attached hydrogens (tertiary/aromatic N) is 1. The summed E-state index contributed by atoms with van der Waals surface area (Å²) in [7, 11) is 1.82. The van der Waals surface area contributed by atoms with Gasteiger partial charge in [-0.05, 0) is 57.8 Å². The summed E-state index contributed by atoms with van der Waals surface area (Å²) in [6, 6.07) is 10.6. The fourth-order valence-corrected chi connectivity index (χ4v) is 2.01. The van der Waals surface area contributed by atoms with Crippen molar-refractivity contribution in [3.63, 3.8) is 0 Å². The quantitative estimate of drug-likeness (QED) is 0.248. The Balaban J connectivity index is 0. The van der Waals surface area contributed by atoms with Crippen molar-refractivity contribution in [2.24, 2.45) is 0 Å². The normalized spacial score (nSPS) is 12.0. The minimum atomic E-state index is 0. The van der Waals surface area contributed by atoms with Crippen molar-refractivity contribution in [2.75, 3.05) is 20.4 Å². The van der Waals surface area contributed by atoms with E-state index in [4.69, 9.17) is 0 Å². The molecule has 0 heterocycles. The number of hydrogen-bond donors (Lipinski definition) is 0. The Labute approximate surface area is 159 Å². The first-order chi connectivity index (χ1) is 9.99. The molecule has 1 fully saturated rings. The molecule has 119 valence electrons. The van der Waals surface area contributed by atoms with Crippen LogP contribution in [0.2, 0.25) is 0 Å². The van der Waals surface area contributed by atoms with E-state index < -0.39 is 0 Å². The number of benzene rings is 1. The first-order valence-electron chi connectivity index (χ1n) is 6.35. The van der Waals surface area contributed by atoms with E-state index in [9.17, 15) is 0 Å². The van der Waals surface area contributed by atoms with Gasteiger partial charge in [-0.25, -0.2) is 4.32 Å². The third kappa shape index (κ3) is 13.7. The maximum Gasteiger partial charge on any atom is 3.00 e. The summed E-state index contributed by atoms with van der Waals surface area (Å²) < 4.78 is 0.370. The molecule has 0 aliphatic heterocycles. The molecule has 5 radical (unpaired) electrons. The SMILES string of the molecule is C=[C-]N(C)C(=S)[S-].CP(C)c1ccccc1.[CH]1[CH][CH][CH][CH]1.[Co+3]. The second-order valence-electron chi connectivity index (χ2n) is 4.18. The van der Waals surface area contributed by atoms with Gasteiger partial charge in [-0.15, -0.1) is 0 Å². The van der Waals surface area contributed by atoms with E-state index >= 15 is 0 Å². The molecule has 22 heavy (non-hydrogen) atoms. The Morgan fingerprint density at radius 2 is 1.50 bits per heavy atom. The van der Waals surface area contributed by atoms with E-state index in [-0.39, 0.29) is 24.7 Å². The zero-order chi connectivity index (χ0) is 16.1. The fraction of sp³-hybridized carbons (Fsp3) is 0.176. The van der Waals surface area contributed by atoms with Crippen LogP contribution in [0.1, 0.15) is 0 Å². The van der Waals surface area contributed by atoms with Gasteiger partial charge >= 0.3 is 16.8 Å². The van der Waals surface area contributed by atoms with E-state index in [1.54, 1.807) is 7.05 Å². The fourth-order valence-electron chi connectivity index (χ4n) is 1.11. The summed E-state index contributed by atoms with van der Waals surface area (Å²) in [5.74, 6) is 0. The minimum Gasteiger partial charge on any atom is -0.531 e. The van der Waals surface area contributed by atoms with E-state index in [1.165, 1.54) is 10.2 Å². The van der Waals surface area contributed by atoms with Crippen LogP contribution in [0.5, 0.6) is 0 Å². The Morgan fingerprint density at radius 1 is 1.09 bits per heavy atom. The van der Waals surface area contributed by atoms with E-state index in [0.717, 1.165) is 0 Å². The molecule has 5 heteroatoms. The van der Waals surface area contributed by atoms with Crippen LogP contribution < -0.4 is 5.30 Å². The first-order valence-corrected chi connectivity index (χ1v) is 9.40. The van der Waals surface area contributed by atoms with Gasteiger partial charge in [-0.3, -0.25) is 0 Å². The van der Waals surface area contributed by atoms with Gasteiger partial charge < -0.3 is 29.7 Å². The van der Waals surface area contributed by atoms with Gasteiger partial charge in [0.15, 0.2) is 0 Å². The van der Waals surface area contributed by atoms with Gasteiger partial charge in [0.05, 0.1) is 0 Å². The molecule has 1 aromatic rings. The molecule has 0 bridgehead atoms. The van der Waals surface area contributed by atoms with E-state index in [1.807, 2.05) is 32.1 Å². The minimum absolute atomic E-state index is 0. The van der Waals surface area contributed by atoms with Crippen molar-refractivity contribution in [2.45, 2.75) is 0 Å². The smallest absolute Gasteiger partial charge is 0.531 e. The van der Waals surface area contributed by atoms with Crippen molar-refractivity contribution in [1.82, 2.24) is 4.90 Å². The Morgan fingerprint density at radius 3 is 1.68 bits per heavy atom. The van der Waals surface area contributed by atoms with Crippen LogP contribution in [0, 0.1) is 38.3 Å². The van der Waals surface area contributed by atoms with Crippen LogP contribution in [0.15, 0.2) is 36.9 Å². The standard InChI is InChI=1S/C8H11P.C5H5.C4H6NS2.Co/c1-9(2)8-6-4-3-5-7-8;1-2-4-5-3-1;1-3-5(2)4(6)7;/h3-7H,1-2H3;1-5H;1H2,2H3,(H,6,7);/q;;-1;+3/p-1. The van der Waals surface area contributed by atoms with Crippen LogP contribution in [-0.2, 0) is 29.4 Å². The van der Waals surface area contributed by atoms with Crippen LogP contribution in [0.25, 0.3) is 0 Å². The molecule has 1 saturated carbocycles. The van der Waals surface area contributed by atoms with Crippen molar-refractivity contribution >= 4 is 42.4 Å². The molecule has 1 aromatic carbocycles. The molecule has 1 nitrogen and oxygen atoms in total. The molecular formula is C17H21CoNPS2+. The predicted molar refractivity (Wildman–Crippen MR) is 103 cm³/mol. The molecule has 0 unspecified atom stereocenters. The van der Waals surface area contributed by atoms with Crippen LogP contribution in [0.3, 0.4) is 0 Å². The zero-order valence-corrected chi connectivity index (χ0v) is 16.6. The van der Waals surface area contributed by atoms with E-state index in [0.29, 0.717) is 4.32 Å². The third-order valence-corrected chi connectivity index (χ3v) is 4.22. The van der Waals surface area contributed by atoms with Gasteiger partial charge in [-0.1, -0.05) is 38.3 Å². The Bertz CT molecular complexity index is 387. The summed E-state index contributed by atoms with van der Waals surface area (Å²) in [4.78, 5) is 1.48. The molecule has 1 aliphatic rings. The van der Waals surface area contributed by atoms with Crippen LogP contribution in [-0.4, -0.2) is 29.6 Å². The molecular weight excluding hydrogens is 372 g/mol. The second kappa shape index (κ2) is 15.9. The molecule has 1 aliphatic carbocycles. The molecule has 0 aromatic heterocycles. The zero-order valence-electron chi connectivity index (χ0n) is 13.0. The third-order valence-electron chi connectivity index (χ3n) is 2.34. The molecule has 0 saturated heterocycles.